The Morgan fingerprint density at radius 3 is 3.11 bits per heavy atom. The van der Waals surface area contributed by atoms with Gasteiger partial charge in [0.05, 0.1) is 6.20 Å². The van der Waals surface area contributed by atoms with Crippen molar-refractivity contribution in [1.82, 2.24) is 15.5 Å². The highest BCUT2D eigenvalue weighted by Gasteiger charge is 2.13. The summed E-state index contributed by atoms with van der Waals surface area (Å²) >= 11 is 0. The Bertz CT molecular complexity index is 423. The molecule has 19 heavy (non-hydrogen) atoms. The number of carbonyl (C=O) groups is 1. The Balaban J connectivity index is 1.67. The van der Waals surface area contributed by atoms with Crippen LogP contribution in [-0.2, 0) is 11.2 Å². The number of allylic oxidation sites excluding steroid dienone is 1. The summed E-state index contributed by atoms with van der Waals surface area (Å²) in [4.78, 5) is 11.9. The first-order valence-corrected chi connectivity index (χ1v) is 7.21. The van der Waals surface area contributed by atoms with E-state index in [2.05, 4.69) is 28.5 Å². The van der Waals surface area contributed by atoms with Gasteiger partial charge < -0.3 is 5.32 Å². The molecule has 1 aliphatic rings. The van der Waals surface area contributed by atoms with Crippen LogP contribution in [0.25, 0.3) is 0 Å². The number of carbonyl (C=O) groups excluding carboxylic acids is 1. The van der Waals surface area contributed by atoms with Gasteiger partial charge in [-0.2, -0.15) is 5.10 Å². The Kier molecular flexibility index (Phi) is 5.19. The van der Waals surface area contributed by atoms with E-state index in [1.54, 1.807) is 0 Å². The maximum Gasteiger partial charge on any atom is 0.220 e. The summed E-state index contributed by atoms with van der Waals surface area (Å²) in [6.07, 6.45) is 13.2. The van der Waals surface area contributed by atoms with E-state index >= 15 is 0 Å². The lowest BCUT2D eigenvalue weighted by molar-refractivity contribution is -0.121. The minimum absolute atomic E-state index is 0.155. The molecule has 1 aliphatic carbocycles. The molecule has 1 aromatic rings. The maximum absolute atomic E-state index is 11.9. The Morgan fingerprint density at radius 2 is 2.42 bits per heavy atom. The highest BCUT2D eigenvalue weighted by Crippen LogP contribution is 2.20. The predicted molar refractivity (Wildman–Crippen MR) is 75.7 cm³/mol. The number of hydrogen-bond donors (Lipinski definition) is 2. The van der Waals surface area contributed by atoms with Crippen LogP contribution in [0.5, 0.6) is 0 Å². The molecule has 0 radical (unpaired) electrons. The van der Waals surface area contributed by atoms with Crippen molar-refractivity contribution in [1.29, 1.82) is 0 Å². The minimum atomic E-state index is 0.155. The number of rotatable bonds is 6. The summed E-state index contributed by atoms with van der Waals surface area (Å²) < 4.78 is 0. The molecule has 1 amide bonds. The smallest absolute Gasteiger partial charge is 0.220 e. The van der Waals surface area contributed by atoms with Crippen molar-refractivity contribution in [2.45, 2.75) is 57.9 Å². The standard InChI is InChI=1S/C15H23N3O/c1-12(14-7-3-2-4-8-14)18-15(19)9-5-6-13-10-16-17-11-13/h7,10-12H,2-6,8-9H2,1H3,(H,16,17)(H,18,19)/t12-/m1/s1. The normalized spacial score (nSPS) is 16.8. The fourth-order valence-electron chi connectivity index (χ4n) is 2.53. The molecule has 2 rings (SSSR count). The van der Waals surface area contributed by atoms with Crippen molar-refractivity contribution in [3.8, 4) is 0 Å². The third kappa shape index (κ3) is 4.54. The van der Waals surface area contributed by atoms with Crippen molar-refractivity contribution < 1.29 is 4.79 Å². The lowest BCUT2D eigenvalue weighted by Gasteiger charge is -2.20. The molecule has 2 N–H and O–H groups in total. The fraction of sp³-hybridized carbons (Fsp3) is 0.600. The van der Waals surface area contributed by atoms with Crippen LogP contribution in [0.3, 0.4) is 0 Å². The molecular formula is C15H23N3O. The molecule has 0 saturated carbocycles. The van der Waals surface area contributed by atoms with Crippen molar-refractivity contribution >= 4 is 5.91 Å². The molecule has 1 heterocycles. The van der Waals surface area contributed by atoms with E-state index in [9.17, 15) is 4.79 Å². The zero-order valence-corrected chi connectivity index (χ0v) is 11.6. The van der Waals surface area contributed by atoms with E-state index in [-0.39, 0.29) is 11.9 Å². The molecule has 1 aromatic heterocycles. The van der Waals surface area contributed by atoms with Gasteiger partial charge in [0.1, 0.15) is 0 Å². The zero-order valence-electron chi connectivity index (χ0n) is 11.6. The summed E-state index contributed by atoms with van der Waals surface area (Å²) in [5, 5.41) is 9.78. The monoisotopic (exact) mass is 261 g/mol. The third-order valence-electron chi connectivity index (χ3n) is 3.68. The van der Waals surface area contributed by atoms with Gasteiger partial charge in [0, 0.05) is 18.7 Å². The van der Waals surface area contributed by atoms with Crippen LogP contribution >= 0.6 is 0 Å². The van der Waals surface area contributed by atoms with Gasteiger partial charge in [-0.1, -0.05) is 11.6 Å². The maximum atomic E-state index is 11.9. The van der Waals surface area contributed by atoms with E-state index in [0.717, 1.165) is 31.2 Å². The average molecular weight is 261 g/mol. The second-order valence-corrected chi connectivity index (χ2v) is 5.27. The molecule has 4 heteroatoms. The first-order valence-electron chi connectivity index (χ1n) is 7.21. The van der Waals surface area contributed by atoms with Crippen molar-refractivity contribution in [2.24, 2.45) is 0 Å². The molecule has 0 saturated heterocycles. The van der Waals surface area contributed by atoms with Crippen LogP contribution in [0.15, 0.2) is 24.0 Å². The van der Waals surface area contributed by atoms with Gasteiger partial charge in [-0.15, -0.1) is 0 Å². The van der Waals surface area contributed by atoms with Gasteiger partial charge in [-0.05, 0) is 51.0 Å². The second kappa shape index (κ2) is 7.12. The van der Waals surface area contributed by atoms with Crippen LogP contribution in [0.4, 0.5) is 0 Å². The zero-order chi connectivity index (χ0) is 13.5. The van der Waals surface area contributed by atoms with Gasteiger partial charge in [0.15, 0.2) is 0 Å². The lowest BCUT2D eigenvalue weighted by atomic mass is 9.94. The van der Waals surface area contributed by atoms with Crippen molar-refractivity contribution in [3.63, 3.8) is 0 Å². The Morgan fingerprint density at radius 1 is 1.53 bits per heavy atom. The topological polar surface area (TPSA) is 57.8 Å². The minimum Gasteiger partial charge on any atom is -0.350 e. The van der Waals surface area contributed by atoms with Gasteiger partial charge in [0.2, 0.25) is 5.91 Å². The number of aromatic nitrogens is 2. The van der Waals surface area contributed by atoms with E-state index in [1.165, 1.54) is 18.4 Å². The molecule has 1 atom stereocenters. The van der Waals surface area contributed by atoms with Crippen LogP contribution < -0.4 is 5.32 Å². The van der Waals surface area contributed by atoms with Gasteiger partial charge in [-0.25, -0.2) is 0 Å². The highest BCUT2D eigenvalue weighted by molar-refractivity contribution is 5.76. The SMILES string of the molecule is C[C@@H](NC(=O)CCCc1cn[nH]c1)C1=CCCCC1. The third-order valence-corrected chi connectivity index (χ3v) is 3.68. The number of H-pyrrole nitrogens is 1. The van der Waals surface area contributed by atoms with Crippen molar-refractivity contribution in [2.75, 3.05) is 0 Å². The van der Waals surface area contributed by atoms with Crippen LogP contribution in [0.1, 0.15) is 51.0 Å². The molecule has 0 fully saturated rings. The first kappa shape index (κ1) is 13.8. The predicted octanol–water partition coefficient (Wildman–Crippen LogP) is 2.74. The molecule has 0 aromatic carbocycles. The fourth-order valence-corrected chi connectivity index (χ4v) is 2.53. The molecule has 0 bridgehead atoms. The molecule has 104 valence electrons. The number of hydrogen-bond acceptors (Lipinski definition) is 2. The van der Waals surface area contributed by atoms with Crippen LogP contribution in [0.2, 0.25) is 0 Å². The molecule has 0 aliphatic heterocycles. The molecule has 0 unspecified atom stereocenters. The summed E-state index contributed by atoms with van der Waals surface area (Å²) in [5.74, 6) is 0.155. The number of aryl methyl sites for hydroxylation is 1. The number of nitrogens with zero attached hydrogens (tertiary/aromatic N) is 1. The first-order chi connectivity index (χ1) is 9.25. The van der Waals surface area contributed by atoms with E-state index in [0.29, 0.717) is 6.42 Å². The van der Waals surface area contributed by atoms with E-state index < -0.39 is 0 Å². The highest BCUT2D eigenvalue weighted by atomic mass is 16.1. The summed E-state index contributed by atoms with van der Waals surface area (Å²) in [7, 11) is 0. The van der Waals surface area contributed by atoms with Crippen LogP contribution in [0, 0.1) is 0 Å². The Labute approximate surface area is 114 Å². The van der Waals surface area contributed by atoms with E-state index in [1.807, 2.05) is 12.4 Å². The number of amides is 1. The molecule has 0 spiro atoms. The largest absolute Gasteiger partial charge is 0.350 e. The van der Waals surface area contributed by atoms with E-state index in [4.69, 9.17) is 0 Å². The van der Waals surface area contributed by atoms with Gasteiger partial charge >= 0.3 is 0 Å². The summed E-state index contributed by atoms with van der Waals surface area (Å²) in [6.45, 7) is 2.09. The molecular weight excluding hydrogens is 238 g/mol. The second-order valence-electron chi connectivity index (χ2n) is 5.27. The molecule has 4 nitrogen and oxygen atoms in total. The summed E-state index contributed by atoms with van der Waals surface area (Å²) in [6, 6.07) is 0.196. The Hall–Kier alpha value is -1.58. The van der Waals surface area contributed by atoms with Gasteiger partial charge in [0.25, 0.3) is 0 Å². The average Bonchev–Trinajstić information content (AvgIpc) is 2.93. The number of nitrogens with one attached hydrogen (secondary N) is 2. The summed E-state index contributed by atoms with van der Waals surface area (Å²) in [5.41, 5.74) is 2.56. The van der Waals surface area contributed by atoms with Gasteiger partial charge in [-0.3, -0.25) is 9.89 Å². The lowest BCUT2D eigenvalue weighted by Crippen LogP contribution is -2.34. The quantitative estimate of drug-likeness (QED) is 0.774. The van der Waals surface area contributed by atoms with Crippen molar-refractivity contribution in [3.05, 3.63) is 29.6 Å². The van der Waals surface area contributed by atoms with Crippen LogP contribution in [-0.4, -0.2) is 22.1 Å². The number of aromatic amines is 1.